The molecule has 0 fully saturated rings. The predicted octanol–water partition coefficient (Wildman–Crippen LogP) is 2.98. The van der Waals surface area contributed by atoms with Crippen LogP contribution < -0.4 is 5.32 Å². The lowest BCUT2D eigenvalue weighted by Crippen LogP contribution is -2.27. The molecule has 0 radical (unpaired) electrons. The van der Waals surface area contributed by atoms with E-state index >= 15 is 0 Å². The van der Waals surface area contributed by atoms with E-state index in [-0.39, 0.29) is 18.1 Å². The number of hydrogen-bond donors (Lipinski definition) is 1. The van der Waals surface area contributed by atoms with Crippen molar-refractivity contribution < 1.29 is 17.9 Å². The van der Waals surface area contributed by atoms with Crippen LogP contribution in [0.15, 0.2) is 0 Å². The van der Waals surface area contributed by atoms with Crippen LogP contribution in [-0.4, -0.2) is 32.5 Å². The number of alkyl halides is 3. The highest BCUT2D eigenvalue weighted by Gasteiger charge is 2.27. The van der Waals surface area contributed by atoms with Gasteiger partial charge in [0.15, 0.2) is 0 Å². The first-order chi connectivity index (χ1) is 8.14. The third-order valence-corrected chi connectivity index (χ3v) is 2.10. The van der Waals surface area contributed by atoms with E-state index in [0.717, 1.165) is 0 Å². The normalized spacial score (nSPS) is 13.9. The van der Waals surface area contributed by atoms with Crippen LogP contribution in [0.2, 0.25) is 0 Å². The first kappa shape index (κ1) is 17.3. The largest absolute Gasteiger partial charge is 0.411 e. The lowest BCUT2D eigenvalue weighted by molar-refractivity contribution is -0.174. The Bertz CT molecular complexity index is 283. The lowest BCUT2D eigenvalue weighted by Gasteiger charge is -2.14. The zero-order valence-corrected chi connectivity index (χ0v) is 11.4. The van der Waals surface area contributed by atoms with E-state index in [9.17, 15) is 13.2 Å². The molecule has 0 aliphatic heterocycles. The third kappa shape index (κ3) is 11.7. The van der Waals surface area contributed by atoms with Gasteiger partial charge in [-0.15, -0.1) is 5.92 Å². The van der Waals surface area contributed by atoms with Crippen LogP contribution in [0.25, 0.3) is 0 Å². The van der Waals surface area contributed by atoms with Crippen molar-refractivity contribution in [3.05, 3.63) is 0 Å². The summed E-state index contributed by atoms with van der Waals surface area (Å²) in [6.07, 6.45) is -3.12. The molecule has 0 rings (SSSR count). The zero-order chi connectivity index (χ0) is 14.2. The SMILES string of the molecule is CNC(CC#CC(C)(C)C)CCOCC(F)(F)F. The number of nitrogens with one attached hydrogen (secondary N) is 1. The van der Waals surface area contributed by atoms with Gasteiger partial charge in [-0.25, -0.2) is 0 Å². The molecule has 1 atom stereocenters. The molecule has 1 N–H and O–H groups in total. The Hall–Kier alpha value is -0.730. The molecule has 0 bridgehead atoms. The molecule has 0 aliphatic carbocycles. The molecule has 0 heterocycles. The second kappa shape index (κ2) is 7.65. The fourth-order valence-electron chi connectivity index (χ4n) is 1.20. The van der Waals surface area contributed by atoms with E-state index in [1.165, 1.54) is 0 Å². The molecule has 0 saturated carbocycles. The van der Waals surface area contributed by atoms with Crippen LogP contribution in [0, 0.1) is 17.3 Å². The van der Waals surface area contributed by atoms with Crippen LogP contribution in [0.5, 0.6) is 0 Å². The summed E-state index contributed by atoms with van der Waals surface area (Å²) in [5.74, 6) is 6.13. The second-order valence-corrected chi connectivity index (χ2v) is 5.20. The predicted molar refractivity (Wildman–Crippen MR) is 66.2 cm³/mol. The van der Waals surface area contributed by atoms with Gasteiger partial charge in [0, 0.05) is 24.5 Å². The average molecular weight is 265 g/mol. The molecule has 0 aromatic heterocycles. The molecule has 1 unspecified atom stereocenters. The molecule has 18 heavy (non-hydrogen) atoms. The topological polar surface area (TPSA) is 21.3 Å². The van der Waals surface area contributed by atoms with Crippen molar-refractivity contribution in [3.8, 4) is 11.8 Å². The lowest BCUT2D eigenvalue weighted by atomic mass is 9.97. The molecule has 0 aromatic rings. The van der Waals surface area contributed by atoms with Gasteiger partial charge in [0.05, 0.1) is 0 Å². The van der Waals surface area contributed by atoms with Gasteiger partial charge >= 0.3 is 6.18 Å². The highest BCUT2D eigenvalue weighted by molar-refractivity contribution is 5.08. The standard InChI is InChI=1S/C13H22F3NO/c1-12(2,3)8-5-6-11(17-4)7-9-18-10-13(14,15)16/h11,17H,6-7,9-10H2,1-4H3. The zero-order valence-electron chi connectivity index (χ0n) is 11.4. The van der Waals surface area contributed by atoms with Crippen molar-refractivity contribution in [1.82, 2.24) is 5.32 Å². The van der Waals surface area contributed by atoms with Crippen molar-refractivity contribution >= 4 is 0 Å². The fraction of sp³-hybridized carbons (Fsp3) is 0.846. The van der Waals surface area contributed by atoms with Gasteiger partial charge in [-0.3, -0.25) is 0 Å². The Balaban J connectivity index is 3.87. The van der Waals surface area contributed by atoms with Crippen molar-refractivity contribution in [3.63, 3.8) is 0 Å². The highest BCUT2D eigenvalue weighted by atomic mass is 19.4. The molecule has 0 amide bonds. The summed E-state index contributed by atoms with van der Waals surface area (Å²) in [5, 5.41) is 3.02. The Kier molecular flexibility index (Phi) is 7.34. The van der Waals surface area contributed by atoms with Crippen LogP contribution in [0.3, 0.4) is 0 Å². The van der Waals surface area contributed by atoms with Crippen LogP contribution in [0.1, 0.15) is 33.6 Å². The Labute approximate surface area is 107 Å². The molecule has 0 saturated heterocycles. The van der Waals surface area contributed by atoms with Gasteiger partial charge in [-0.1, -0.05) is 5.92 Å². The Morgan fingerprint density at radius 1 is 1.22 bits per heavy atom. The molecule has 0 aromatic carbocycles. The van der Waals surface area contributed by atoms with E-state index < -0.39 is 12.8 Å². The van der Waals surface area contributed by atoms with Crippen LogP contribution >= 0.6 is 0 Å². The molecule has 106 valence electrons. The number of ether oxygens (including phenoxy) is 1. The number of hydrogen-bond acceptors (Lipinski definition) is 2. The second-order valence-electron chi connectivity index (χ2n) is 5.20. The summed E-state index contributed by atoms with van der Waals surface area (Å²) in [6.45, 7) is 4.95. The van der Waals surface area contributed by atoms with E-state index in [1.807, 2.05) is 20.8 Å². The van der Waals surface area contributed by atoms with E-state index in [4.69, 9.17) is 0 Å². The smallest absolute Gasteiger partial charge is 0.372 e. The molecule has 2 nitrogen and oxygen atoms in total. The number of halogens is 3. The van der Waals surface area contributed by atoms with Crippen LogP contribution in [0.4, 0.5) is 13.2 Å². The Morgan fingerprint density at radius 3 is 2.28 bits per heavy atom. The van der Waals surface area contributed by atoms with Gasteiger partial charge < -0.3 is 10.1 Å². The molecular weight excluding hydrogens is 243 g/mol. The van der Waals surface area contributed by atoms with Gasteiger partial charge in [-0.05, 0) is 34.2 Å². The minimum Gasteiger partial charge on any atom is -0.372 e. The summed E-state index contributed by atoms with van der Waals surface area (Å²) in [4.78, 5) is 0. The van der Waals surface area contributed by atoms with Gasteiger partial charge in [0.2, 0.25) is 0 Å². The minimum atomic E-state index is -4.25. The first-order valence-electron chi connectivity index (χ1n) is 5.96. The van der Waals surface area contributed by atoms with Crippen LogP contribution in [-0.2, 0) is 4.74 Å². The summed E-state index contributed by atoms with van der Waals surface area (Å²) < 4.78 is 40.1. The van der Waals surface area contributed by atoms with Gasteiger partial charge in [0.1, 0.15) is 6.61 Å². The van der Waals surface area contributed by atoms with Gasteiger partial charge in [0.25, 0.3) is 0 Å². The molecule has 0 spiro atoms. The van der Waals surface area contributed by atoms with Crippen molar-refractivity contribution in [2.24, 2.45) is 5.41 Å². The Morgan fingerprint density at radius 2 is 1.83 bits per heavy atom. The number of rotatable bonds is 6. The van der Waals surface area contributed by atoms with Crippen molar-refractivity contribution in [1.29, 1.82) is 0 Å². The fourth-order valence-corrected chi connectivity index (χ4v) is 1.20. The highest BCUT2D eigenvalue weighted by Crippen LogP contribution is 2.14. The minimum absolute atomic E-state index is 0.0505. The van der Waals surface area contributed by atoms with Gasteiger partial charge in [-0.2, -0.15) is 13.2 Å². The molecule has 5 heteroatoms. The van der Waals surface area contributed by atoms with Crippen molar-refractivity contribution in [2.45, 2.75) is 45.8 Å². The maximum atomic E-state index is 11.8. The van der Waals surface area contributed by atoms with E-state index in [2.05, 4.69) is 21.9 Å². The summed E-state index contributed by atoms with van der Waals surface area (Å²) in [7, 11) is 1.77. The van der Waals surface area contributed by atoms with Crippen molar-refractivity contribution in [2.75, 3.05) is 20.3 Å². The maximum Gasteiger partial charge on any atom is 0.411 e. The first-order valence-corrected chi connectivity index (χ1v) is 5.96. The van der Waals surface area contributed by atoms with E-state index in [1.54, 1.807) is 7.05 Å². The molecular formula is C13H22F3NO. The maximum absolute atomic E-state index is 11.8. The summed E-state index contributed by atoms with van der Waals surface area (Å²) in [5.41, 5.74) is -0.0505. The third-order valence-electron chi connectivity index (χ3n) is 2.10. The summed E-state index contributed by atoms with van der Waals surface area (Å²) in [6, 6.07) is 0.0630. The average Bonchev–Trinajstić information content (AvgIpc) is 2.18. The quantitative estimate of drug-likeness (QED) is 0.589. The van der Waals surface area contributed by atoms with E-state index in [0.29, 0.717) is 12.8 Å². The summed E-state index contributed by atoms with van der Waals surface area (Å²) >= 11 is 0. The monoisotopic (exact) mass is 265 g/mol. The molecule has 0 aliphatic rings.